The van der Waals surface area contributed by atoms with Crippen molar-refractivity contribution in [3.05, 3.63) is 0 Å². The Morgan fingerprint density at radius 1 is 1.33 bits per heavy atom. The Morgan fingerprint density at radius 3 is 2.33 bits per heavy atom. The van der Waals surface area contributed by atoms with Crippen molar-refractivity contribution < 1.29 is 4.79 Å². The standard InChI is InChI=1S/C12H26N2O/c1-5-7-10-14(6-2)11(15)8-9-12(3,4)13/h5-10,13H2,1-4H3. The van der Waals surface area contributed by atoms with Gasteiger partial charge < -0.3 is 10.6 Å². The molecule has 0 aliphatic carbocycles. The molecule has 0 bridgehead atoms. The number of carbonyl (C=O) groups excluding carboxylic acids is 1. The Bertz CT molecular complexity index is 185. The molecule has 0 saturated heterocycles. The summed E-state index contributed by atoms with van der Waals surface area (Å²) in [7, 11) is 0. The first kappa shape index (κ1) is 14.4. The molecule has 1 amide bonds. The van der Waals surface area contributed by atoms with Gasteiger partial charge in [0.15, 0.2) is 0 Å². The van der Waals surface area contributed by atoms with Crippen molar-refractivity contribution in [2.24, 2.45) is 5.73 Å². The van der Waals surface area contributed by atoms with Gasteiger partial charge in [0.2, 0.25) is 5.91 Å². The lowest BCUT2D eigenvalue weighted by atomic mass is 10.00. The van der Waals surface area contributed by atoms with Crippen LogP contribution in [-0.4, -0.2) is 29.4 Å². The van der Waals surface area contributed by atoms with Crippen LogP contribution in [0, 0.1) is 0 Å². The lowest BCUT2D eigenvalue weighted by Gasteiger charge is -2.23. The predicted octanol–water partition coefficient (Wildman–Crippen LogP) is 2.15. The van der Waals surface area contributed by atoms with Gasteiger partial charge >= 0.3 is 0 Å². The zero-order valence-electron chi connectivity index (χ0n) is 10.7. The van der Waals surface area contributed by atoms with Gasteiger partial charge in [-0.05, 0) is 33.6 Å². The van der Waals surface area contributed by atoms with Crippen LogP contribution in [-0.2, 0) is 4.79 Å². The second-order valence-corrected chi connectivity index (χ2v) is 4.82. The molecular weight excluding hydrogens is 188 g/mol. The largest absolute Gasteiger partial charge is 0.343 e. The van der Waals surface area contributed by atoms with Crippen LogP contribution in [0.2, 0.25) is 0 Å². The SMILES string of the molecule is CCCCN(CC)C(=O)CCC(C)(C)N. The number of nitrogens with two attached hydrogens (primary N) is 1. The Balaban J connectivity index is 3.94. The van der Waals surface area contributed by atoms with E-state index in [2.05, 4.69) is 6.92 Å². The number of unbranched alkanes of at least 4 members (excludes halogenated alkanes) is 1. The summed E-state index contributed by atoms with van der Waals surface area (Å²) in [4.78, 5) is 13.7. The number of amides is 1. The summed E-state index contributed by atoms with van der Waals surface area (Å²) in [6.07, 6.45) is 3.55. The lowest BCUT2D eigenvalue weighted by Crippen LogP contribution is -2.36. The molecule has 3 nitrogen and oxygen atoms in total. The van der Waals surface area contributed by atoms with Gasteiger partial charge in [0.25, 0.3) is 0 Å². The number of rotatable bonds is 7. The van der Waals surface area contributed by atoms with E-state index < -0.39 is 0 Å². The van der Waals surface area contributed by atoms with Crippen LogP contribution in [0.4, 0.5) is 0 Å². The second kappa shape index (κ2) is 6.83. The van der Waals surface area contributed by atoms with E-state index in [1.54, 1.807) is 0 Å². The van der Waals surface area contributed by atoms with Crippen molar-refractivity contribution in [2.75, 3.05) is 13.1 Å². The summed E-state index contributed by atoms with van der Waals surface area (Å²) in [6.45, 7) is 9.79. The van der Waals surface area contributed by atoms with Crippen molar-refractivity contribution >= 4 is 5.91 Å². The predicted molar refractivity (Wildman–Crippen MR) is 64.7 cm³/mol. The molecule has 0 radical (unpaired) electrons. The average Bonchev–Trinajstić information content (AvgIpc) is 2.15. The molecule has 0 atom stereocenters. The normalized spacial score (nSPS) is 11.5. The second-order valence-electron chi connectivity index (χ2n) is 4.82. The van der Waals surface area contributed by atoms with Gasteiger partial charge in [-0.2, -0.15) is 0 Å². The van der Waals surface area contributed by atoms with E-state index >= 15 is 0 Å². The molecule has 15 heavy (non-hydrogen) atoms. The monoisotopic (exact) mass is 214 g/mol. The van der Waals surface area contributed by atoms with Crippen LogP contribution >= 0.6 is 0 Å². The number of carbonyl (C=O) groups is 1. The number of nitrogens with zero attached hydrogens (tertiary/aromatic N) is 1. The van der Waals surface area contributed by atoms with Crippen molar-refractivity contribution in [2.45, 2.75) is 58.9 Å². The van der Waals surface area contributed by atoms with Crippen LogP contribution in [0.15, 0.2) is 0 Å². The Morgan fingerprint density at radius 2 is 1.93 bits per heavy atom. The van der Waals surface area contributed by atoms with Gasteiger partial charge in [0.1, 0.15) is 0 Å². The van der Waals surface area contributed by atoms with E-state index in [0.29, 0.717) is 6.42 Å². The molecule has 0 fully saturated rings. The first-order valence-corrected chi connectivity index (χ1v) is 5.97. The van der Waals surface area contributed by atoms with Crippen LogP contribution in [0.3, 0.4) is 0 Å². The first-order chi connectivity index (χ1) is 6.90. The maximum absolute atomic E-state index is 11.8. The van der Waals surface area contributed by atoms with Crippen LogP contribution in [0.1, 0.15) is 53.4 Å². The highest BCUT2D eigenvalue weighted by atomic mass is 16.2. The van der Waals surface area contributed by atoms with Crippen molar-refractivity contribution in [3.63, 3.8) is 0 Å². The molecule has 3 heteroatoms. The summed E-state index contributed by atoms with van der Waals surface area (Å²) in [5, 5.41) is 0. The average molecular weight is 214 g/mol. The van der Waals surface area contributed by atoms with Crippen molar-refractivity contribution in [1.29, 1.82) is 0 Å². The summed E-state index contributed by atoms with van der Waals surface area (Å²) in [5.41, 5.74) is 5.62. The minimum Gasteiger partial charge on any atom is -0.343 e. The van der Waals surface area contributed by atoms with Gasteiger partial charge in [-0.25, -0.2) is 0 Å². The molecule has 0 spiro atoms. The Hall–Kier alpha value is -0.570. The Kier molecular flexibility index (Phi) is 6.57. The molecule has 90 valence electrons. The highest BCUT2D eigenvalue weighted by Crippen LogP contribution is 2.09. The molecule has 0 aliphatic heterocycles. The minimum absolute atomic E-state index is 0.236. The molecule has 0 aromatic rings. The highest BCUT2D eigenvalue weighted by Gasteiger charge is 2.16. The lowest BCUT2D eigenvalue weighted by molar-refractivity contribution is -0.131. The maximum Gasteiger partial charge on any atom is 0.222 e. The molecule has 0 unspecified atom stereocenters. The van der Waals surface area contributed by atoms with E-state index in [0.717, 1.165) is 32.4 Å². The van der Waals surface area contributed by atoms with E-state index in [1.807, 2.05) is 25.7 Å². The van der Waals surface area contributed by atoms with Crippen molar-refractivity contribution in [3.8, 4) is 0 Å². The highest BCUT2D eigenvalue weighted by molar-refractivity contribution is 5.76. The molecule has 0 rings (SSSR count). The fraction of sp³-hybridized carbons (Fsp3) is 0.917. The van der Waals surface area contributed by atoms with Gasteiger partial charge in [0, 0.05) is 25.0 Å². The summed E-state index contributed by atoms with van der Waals surface area (Å²) in [5.74, 6) is 0.240. The van der Waals surface area contributed by atoms with Gasteiger partial charge in [-0.1, -0.05) is 13.3 Å². The quantitative estimate of drug-likeness (QED) is 0.706. The molecule has 2 N–H and O–H groups in total. The van der Waals surface area contributed by atoms with Crippen LogP contribution < -0.4 is 5.73 Å². The van der Waals surface area contributed by atoms with E-state index in [1.165, 1.54) is 0 Å². The van der Waals surface area contributed by atoms with Crippen LogP contribution in [0.5, 0.6) is 0 Å². The molecule has 0 aliphatic rings. The van der Waals surface area contributed by atoms with Gasteiger partial charge in [-0.15, -0.1) is 0 Å². The zero-order chi connectivity index (χ0) is 11.9. The van der Waals surface area contributed by atoms with Gasteiger partial charge in [0.05, 0.1) is 0 Å². The fourth-order valence-corrected chi connectivity index (χ4v) is 1.40. The summed E-state index contributed by atoms with van der Waals surface area (Å²) in [6, 6.07) is 0. The molecule has 0 heterocycles. The third kappa shape index (κ3) is 7.37. The number of hydrogen-bond donors (Lipinski definition) is 1. The molecule has 0 aromatic heterocycles. The first-order valence-electron chi connectivity index (χ1n) is 5.97. The minimum atomic E-state index is -0.236. The van der Waals surface area contributed by atoms with Gasteiger partial charge in [-0.3, -0.25) is 4.79 Å². The van der Waals surface area contributed by atoms with Crippen LogP contribution in [0.25, 0.3) is 0 Å². The molecule has 0 aromatic carbocycles. The van der Waals surface area contributed by atoms with E-state index in [9.17, 15) is 4.79 Å². The van der Waals surface area contributed by atoms with E-state index in [4.69, 9.17) is 5.73 Å². The Labute approximate surface area is 94.0 Å². The third-order valence-corrected chi connectivity index (χ3v) is 2.50. The summed E-state index contributed by atoms with van der Waals surface area (Å²) >= 11 is 0. The van der Waals surface area contributed by atoms with Crippen molar-refractivity contribution in [1.82, 2.24) is 4.90 Å². The molecular formula is C12H26N2O. The maximum atomic E-state index is 11.8. The third-order valence-electron chi connectivity index (χ3n) is 2.50. The smallest absolute Gasteiger partial charge is 0.222 e. The summed E-state index contributed by atoms with van der Waals surface area (Å²) < 4.78 is 0. The zero-order valence-corrected chi connectivity index (χ0v) is 10.7. The molecule has 0 saturated carbocycles. The topological polar surface area (TPSA) is 46.3 Å². The fourth-order valence-electron chi connectivity index (χ4n) is 1.40. The number of hydrogen-bond acceptors (Lipinski definition) is 2. The van der Waals surface area contributed by atoms with E-state index in [-0.39, 0.29) is 11.4 Å².